The van der Waals surface area contributed by atoms with Crippen molar-refractivity contribution in [3.8, 4) is 0 Å². The van der Waals surface area contributed by atoms with E-state index in [1.54, 1.807) is 4.90 Å². The molecule has 21 heavy (non-hydrogen) atoms. The van der Waals surface area contributed by atoms with Crippen molar-refractivity contribution in [3.63, 3.8) is 0 Å². The Morgan fingerprint density at radius 2 is 1.67 bits per heavy atom. The van der Waals surface area contributed by atoms with Gasteiger partial charge in [0.05, 0.1) is 11.8 Å². The summed E-state index contributed by atoms with van der Waals surface area (Å²) < 4.78 is 0. The van der Waals surface area contributed by atoms with Gasteiger partial charge in [0, 0.05) is 19.0 Å². The normalized spacial score (nSPS) is 31.9. The summed E-state index contributed by atoms with van der Waals surface area (Å²) in [5.41, 5.74) is -0.0561. The van der Waals surface area contributed by atoms with Gasteiger partial charge in [-0.25, -0.2) is 0 Å². The van der Waals surface area contributed by atoms with E-state index in [0.717, 1.165) is 19.3 Å². The van der Waals surface area contributed by atoms with Crippen LogP contribution in [0, 0.1) is 23.2 Å². The van der Waals surface area contributed by atoms with Crippen LogP contribution in [0.2, 0.25) is 0 Å². The Bertz CT molecular complexity index is 459. The number of carbonyl (C=O) groups excluding carboxylic acids is 1. The molecule has 1 amide bonds. The SMILES string of the molecule is CC1(C)CCCC1C(=O)N1CCC(C(=O)O)C(C(=O)O)C1. The number of aliphatic carboxylic acids is 2. The summed E-state index contributed by atoms with van der Waals surface area (Å²) in [6.07, 6.45) is 3.06. The summed E-state index contributed by atoms with van der Waals surface area (Å²) in [4.78, 5) is 36.6. The van der Waals surface area contributed by atoms with Gasteiger partial charge in [-0.2, -0.15) is 0 Å². The molecule has 3 atom stereocenters. The minimum atomic E-state index is -1.13. The van der Waals surface area contributed by atoms with Crippen LogP contribution in [-0.4, -0.2) is 46.0 Å². The van der Waals surface area contributed by atoms with Gasteiger partial charge in [0.15, 0.2) is 0 Å². The molecule has 0 aromatic rings. The number of rotatable bonds is 3. The fourth-order valence-electron chi connectivity index (χ4n) is 3.70. The molecule has 2 N–H and O–H groups in total. The number of nitrogens with zero attached hydrogens (tertiary/aromatic N) is 1. The van der Waals surface area contributed by atoms with Crippen molar-refractivity contribution in [2.24, 2.45) is 23.2 Å². The lowest BCUT2D eigenvalue weighted by atomic mass is 9.79. The highest BCUT2D eigenvalue weighted by atomic mass is 16.4. The summed E-state index contributed by atoms with van der Waals surface area (Å²) in [5.74, 6) is -4.21. The third-order valence-electron chi connectivity index (χ3n) is 5.11. The van der Waals surface area contributed by atoms with Crippen LogP contribution in [0.5, 0.6) is 0 Å². The molecular formula is C15H23NO5. The first-order chi connectivity index (χ1) is 9.74. The first kappa shape index (κ1) is 15.8. The van der Waals surface area contributed by atoms with Crippen LogP contribution >= 0.6 is 0 Å². The number of hydrogen-bond acceptors (Lipinski definition) is 3. The van der Waals surface area contributed by atoms with E-state index in [0.29, 0.717) is 6.54 Å². The van der Waals surface area contributed by atoms with Crippen LogP contribution in [0.3, 0.4) is 0 Å². The zero-order chi connectivity index (χ0) is 15.8. The van der Waals surface area contributed by atoms with Crippen LogP contribution in [0.15, 0.2) is 0 Å². The molecule has 1 saturated heterocycles. The highest BCUT2D eigenvalue weighted by molar-refractivity contribution is 5.84. The molecule has 1 saturated carbocycles. The van der Waals surface area contributed by atoms with Crippen molar-refractivity contribution in [2.75, 3.05) is 13.1 Å². The highest BCUT2D eigenvalue weighted by Gasteiger charge is 2.45. The summed E-state index contributed by atoms with van der Waals surface area (Å²) in [5, 5.41) is 18.3. The zero-order valence-corrected chi connectivity index (χ0v) is 12.5. The molecule has 2 rings (SSSR count). The van der Waals surface area contributed by atoms with Crippen molar-refractivity contribution in [1.82, 2.24) is 4.90 Å². The predicted molar refractivity (Wildman–Crippen MR) is 74.6 cm³/mol. The molecule has 2 fully saturated rings. The Kier molecular flexibility index (Phi) is 4.25. The second-order valence-corrected chi connectivity index (χ2v) is 6.90. The number of piperidine rings is 1. The molecule has 2 aliphatic rings. The molecule has 0 spiro atoms. The van der Waals surface area contributed by atoms with Crippen molar-refractivity contribution in [2.45, 2.75) is 39.5 Å². The first-order valence-corrected chi connectivity index (χ1v) is 7.48. The lowest BCUT2D eigenvalue weighted by Crippen LogP contribution is -2.51. The molecule has 0 radical (unpaired) electrons. The standard InChI is InChI=1S/C15H23NO5/c1-15(2)6-3-4-11(15)12(17)16-7-5-9(13(18)19)10(8-16)14(20)21/h9-11H,3-8H2,1-2H3,(H,18,19)(H,20,21). The second-order valence-electron chi connectivity index (χ2n) is 6.90. The van der Waals surface area contributed by atoms with E-state index in [1.807, 2.05) is 0 Å². The third-order valence-corrected chi connectivity index (χ3v) is 5.11. The van der Waals surface area contributed by atoms with E-state index < -0.39 is 23.8 Å². The maximum Gasteiger partial charge on any atom is 0.309 e. The Morgan fingerprint density at radius 1 is 1.05 bits per heavy atom. The lowest BCUT2D eigenvalue weighted by Gasteiger charge is -2.38. The molecule has 6 heteroatoms. The van der Waals surface area contributed by atoms with Gasteiger partial charge in [-0.15, -0.1) is 0 Å². The third kappa shape index (κ3) is 3.04. The summed E-state index contributed by atoms with van der Waals surface area (Å²) in [7, 11) is 0. The largest absolute Gasteiger partial charge is 0.481 e. The minimum Gasteiger partial charge on any atom is -0.481 e. The van der Waals surface area contributed by atoms with Crippen LogP contribution in [0.4, 0.5) is 0 Å². The van der Waals surface area contributed by atoms with Crippen molar-refractivity contribution in [1.29, 1.82) is 0 Å². The molecule has 118 valence electrons. The van der Waals surface area contributed by atoms with Gasteiger partial charge in [0.2, 0.25) is 5.91 Å². The fourth-order valence-corrected chi connectivity index (χ4v) is 3.70. The minimum absolute atomic E-state index is 0.00686. The Labute approximate surface area is 124 Å². The second kappa shape index (κ2) is 5.66. The van der Waals surface area contributed by atoms with Gasteiger partial charge < -0.3 is 15.1 Å². The molecule has 1 heterocycles. The van der Waals surface area contributed by atoms with Gasteiger partial charge in [0.25, 0.3) is 0 Å². The van der Waals surface area contributed by atoms with Crippen LogP contribution < -0.4 is 0 Å². The van der Waals surface area contributed by atoms with Crippen LogP contribution in [0.25, 0.3) is 0 Å². The first-order valence-electron chi connectivity index (χ1n) is 7.48. The van der Waals surface area contributed by atoms with E-state index in [2.05, 4.69) is 13.8 Å². The zero-order valence-electron chi connectivity index (χ0n) is 12.5. The maximum atomic E-state index is 12.6. The number of carboxylic acids is 2. The van der Waals surface area contributed by atoms with Crippen LogP contribution in [-0.2, 0) is 14.4 Å². The number of amides is 1. The predicted octanol–water partition coefficient (Wildman–Crippen LogP) is 1.45. The van der Waals surface area contributed by atoms with Gasteiger partial charge in [-0.1, -0.05) is 20.3 Å². The van der Waals surface area contributed by atoms with E-state index >= 15 is 0 Å². The number of carbonyl (C=O) groups is 3. The molecule has 6 nitrogen and oxygen atoms in total. The van der Waals surface area contributed by atoms with Crippen LogP contribution in [0.1, 0.15) is 39.5 Å². The fraction of sp³-hybridized carbons (Fsp3) is 0.800. The maximum absolute atomic E-state index is 12.6. The van der Waals surface area contributed by atoms with Gasteiger partial charge >= 0.3 is 11.9 Å². The molecule has 0 bridgehead atoms. The summed E-state index contributed by atoms with van der Waals surface area (Å²) >= 11 is 0. The van der Waals surface area contributed by atoms with Crippen molar-refractivity contribution < 1.29 is 24.6 Å². The molecule has 0 aromatic heterocycles. The lowest BCUT2D eigenvalue weighted by molar-refractivity contribution is -0.160. The smallest absolute Gasteiger partial charge is 0.309 e. The Balaban J connectivity index is 2.10. The monoisotopic (exact) mass is 297 g/mol. The summed E-state index contributed by atoms with van der Waals surface area (Å²) in [6.45, 7) is 4.49. The van der Waals surface area contributed by atoms with Gasteiger partial charge in [-0.05, 0) is 24.7 Å². The average Bonchev–Trinajstić information content (AvgIpc) is 2.76. The van der Waals surface area contributed by atoms with E-state index in [4.69, 9.17) is 5.11 Å². The highest BCUT2D eigenvalue weighted by Crippen LogP contribution is 2.44. The topological polar surface area (TPSA) is 94.9 Å². The molecule has 3 unspecified atom stereocenters. The van der Waals surface area contributed by atoms with E-state index in [1.165, 1.54) is 0 Å². The van der Waals surface area contributed by atoms with Gasteiger partial charge in [0.1, 0.15) is 0 Å². The Morgan fingerprint density at radius 3 is 2.14 bits per heavy atom. The van der Waals surface area contributed by atoms with Crippen molar-refractivity contribution >= 4 is 17.8 Å². The molecule has 0 aromatic carbocycles. The van der Waals surface area contributed by atoms with E-state index in [-0.39, 0.29) is 30.2 Å². The molecule has 1 aliphatic heterocycles. The number of likely N-dealkylation sites (tertiary alicyclic amines) is 1. The van der Waals surface area contributed by atoms with Crippen molar-refractivity contribution in [3.05, 3.63) is 0 Å². The van der Waals surface area contributed by atoms with Gasteiger partial charge in [-0.3, -0.25) is 14.4 Å². The number of carboxylic acid groups (broad SMARTS) is 2. The van der Waals surface area contributed by atoms with E-state index in [9.17, 15) is 19.5 Å². The Hall–Kier alpha value is -1.59. The quantitative estimate of drug-likeness (QED) is 0.822. The summed E-state index contributed by atoms with van der Waals surface area (Å²) in [6, 6.07) is 0. The molecular weight excluding hydrogens is 274 g/mol. The average molecular weight is 297 g/mol. The number of hydrogen-bond donors (Lipinski definition) is 2. The molecule has 1 aliphatic carbocycles.